The number of amides is 1. The summed E-state index contributed by atoms with van der Waals surface area (Å²) >= 11 is 0. The van der Waals surface area contributed by atoms with Gasteiger partial charge in [-0.25, -0.2) is 13.8 Å². The van der Waals surface area contributed by atoms with Crippen molar-refractivity contribution in [3.8, 4) is 11.5 Å². The Morgan fingerprint density at radius 2 is 1.96 bits per heavy atom. The highest BCUT2D eigenvalue weighted by Crippen LogP contribution is 2.25. The molecule has 0 saturated heterocycles. The van der Waals surface area contributed by atoms with Gasteiger partial charge in [-0.2, -0.15) is 0 Å². The molecule has 0 atom stereocenters. The van der Waals surface area contributed by atoms with Gasteiger partial charge in [0.05, 0.1) is 0 Å². The zero-order valence-corrected chi connectivity index (χ0v) is 12.3. The van der Waals surface area contributed by atoms with Gasteiger partial charge in [0.25, 0.3) is 5.91 Å². The Kier molecular flexibility index (Phi) is 5.05. The molecule has 23 heavy (non-hydrogen) atoms. The normalized spacial score (nSPS) is 10.6. The Balaban J connectivity index is 2.12. The molecule has 2 aromatic rings. The molecule has 0 aliphatic carbocycles. The number of carboxylic acid groups (broad SMARTS) is 1. The minimum atomic E-state index is -0.954. The van der Waals surface area contributed by atoms with E-state index in [9.17, 15) is 18.4 Å². The molecule has 0 bridgehead atoms. The van der Waals surface area contributed by atoms with E-state index in [-0.39, 0.29) is 31.0 Å². The van der Waals surface area contributed by atoms with Gasteiger partial charge in [-0.3, -0.25) is 9.59 Å². The summed E-state index contributed by atoms with van der Waals surface area (Å²) in [4.78, 5) is 27.6. The third-order valence-electron chi connectivity index (χ3n) is 3.13. The highest BCUT2D eigenvalue weighted by atomic mass is 19.1. The monoisotopic (exact) mass is 324 g/mol. The topological polar surface area (TPSA) is 83.6 Å². The SMILES string of the molecule is CN(CCCC(=O)O)C(=O)c1coc(-c2c(F)cccc2F)n1. The average Bonchev–Trinajstić information content (AvgIpc) is 2.95. The summed E-state index contributed by atoms with van der Waals surface area (Å²) < 4.78 is 32.3. The number of carbonyl (C=O) groups is 2. The number of oxazole rings is 1. The van der Waals surface area contributed by atoms with E-state index in [1.54, 1.807) is 0 Å². The van der Waals surface area contributed by atoms with Crippen LogP contribution in [-0.4, -0.2) is 40.5 Å². The Labute approximate surface area is 130 Å². The second-order valence-corrected chi connectivity index (χ2v) is 4.86. The Morgan fingerprint density at radius 1 is 1.30 bits per heavy atom. The number of hydrogen-bond acceptors (Lipinski definition) is 4. The predicted octanol–water partition coefficient (Wildman–Crippen LogP) is 2.56. The molecule has 8 heteroatoms. The van der Waals surface area contributed by atoms with Gasteiger partial charge in [-0.1, -0.05) is 6.07 Å². The Morgan fingerprint density at radius 3 is 2.57 bits per heavy atom. The van der Waals surface area contributed by atoms with Gasteiger partial charge in [0.15, 0.2) is 5.69 Å². The number of carbonyl (C=O) groups excluding carboxylic acids is 1. The number of aliphatic carboxylic acids is 1. The van der Waals surface area contributed by atoms with Crippen molar-refractivity contribution >= 4 is 11.9 Å². The molecule has 0 spiro atoms. The summed E-state index contributed by atoms with van der Waals surface area (Å²) in [6.07, 6.45) is 1.23. The number of benzene rings is 1. The number of hydrogen-bond donors (Lipinski definition) is 1. The van der Waals surface area contributed by atoms with Crippen LogP contribution in [0.15, 0.2) is 28.9 Å². The van der Waals surface area contributed by atoms with Crippen molar-refractivity contribution in [1.82, 2.24) is 9.88 Å². The summed E-state index contributed by atoms with van der Waals surface area (Å²) in [7, 11) is 1.47. The third-order valence-corrected chi connectivity index (χ3v) is 3.13. The van der Waals surface area contributed by atoms with Crippen molar-refractivity contribution in [3.05, 3.63) is 41.8 Å². The average molecular weight is 324 g/mol. The number of carboxylic acids is 1. The molecule has 0 aliphatic rings. The Bertz CT molecular complexity index is 710. The maximum Gasteiger partial charge on any atom is 0.303 e. The van der Waals surface area contributed by atoms with Crippen LogP contribution in [0.5, 0.6) is 0 Å². The summed E-state index contributed by atoms with van der Waals surface area (Å²) in [6, 6.07) is 3.32. The van der Waals surface area contributed by atoms with Gasteiger partial charge < -0.3 is 14.4 Å². The van der Waals surface area contributed by atoms with Crippen LogP contribution in [0.4, 0.5) is 8.78 Å². The molecular formula is C15H14F2N2O4. The van der Waals surface area contributed by atoms with Crippen LogP contribution < -0.4 is 0 Å². The lowest BCUT2D eigenvalue weighted by molar-refractivity contribution is -0.137. The molecule has 2 rings (SSSR count). The standard InChI is InChI=1S/C15H14F2N2O4/c1-19(7-3-6-12(20)21)15(22)11-8-23-14(18-11)13-9(16)4-2-5-10(13)17/h2,4-5,8H,3,6-7H2,1H3,(H,20,21). The first-order valence-corrected chi connectivity index (χ1v) is 6.77. The fourth-order valence-electron chi connectivity index (χ4n) is 1.95. The minimum Gasteiger partial charge on any atom is -0.481 e. The van der Waals surface area contributed by atoms with Crippen molar-refractivity contribution in [1.29, 1.82) is 0 Å². The molecule has 0 saturated carbocycles. The zero-order chi connectivity index (χ0) is 17.0. The second kappa shape index (κ2) is 6.99. The number of nitrogens with zero attached hydrogens (tertiary/aromatic N) is 2. The van der Waals surface area contributed by atoms with Crippen LogP contribution in [0.3, 0.4) is 0 Å². The fraction of sp³-hybridized carbons (Fsp3) is 0.267. The number of rotatable bonds is 6. The summed E-state index contributed by atoms with van der Waals surface area (Å²) in [5.41, 5.74) is -0.555. The predicted molar refractivity (Wildman–Crippen MR) is 75.7 cm³/mol. The van der Waals surface area contributed by atoms with E-state index >= 15 is 0 Å². The van der Waals surface area contributed by atoms with E-state index in [0.717, 1.165) is 18.4 Å². The summed E-state index contributed by atoms with van der Waals surface area (Å²) in [5.74, 6) is -3.50. The van der Waals surface area contributed by atoms with Crippen molar-refractivity contribution < 1.29 is 27.9 Å². The molecule has 0 aliphatic heterocycles. The van der Waals surface area contributed by atoms with Gasteiger partial charge in [0.1, 0.15) is 23.5 Å². The molecule has 1 N–H and O–H groups in total. The maximum atomic E-state index is 13.7. The highest BCUT2D eigenvalue weighted by molar-refractivity contribution is 5.92. The lowest BCUT2D eigenvalue weighted by Gasteiger charge is -2.14. The highest BCUT2D eigenvalue weighted by Gasteiger charge is 2.21. The summed E-state index contributed by atoms with van der Waals surface area (Å²) in [5, 5.41) is 8.56. The first-order chi connectivity index (χ1) is 10.9. The van der Waals surface area contributed by atoms with Crippen molar-refractivity contribution in [3.63, 3.8) is 0 Å². The van der Waals surface area contributed by atoms with Gasteiger partial charge in [0.2, 0.25) is 5.89 Å². The van der Waals surface area contributed by atoms with E-state index in [2.05, 4.69) is 4.98 Å². The molecule has 6 nitrogen and oxygen atoms in total. The van der Waals surface area contributed by atoms with Crippen LogP contribution >= 0.6 is 0 Å². The van der Waals surface area contributed by atoms with E-state index in [4.69, 9.17) is 9.52 Å². The number of halogens is 2. The fourth-order valence-corrected chi connectivity index (χ4v) is 1.95. The summed E-state index contributed by atoms with van der Waals surface area (Å²) in [6.45, 7) is 0.210. The van der Waals surface area contributed by atoms with Crippen molar-refractivity contribution in [2.24, 2.45) is 0 Å². The first kappa shape index (κ1) is 16.6. The van der Waals surface area contributed by atoms with Gasteiger partial charge in [-0.15, -0.1) is 0 Å². The van der Waals surface area contributed by atoms with Crippen molar-refractivity contribution in [2.75, 3.05) is 13.6 Å². The van der Waals surface area contributed by atoms with E-state index in [1.165, 1.54) is 18.0 Å². The zero-order valence-electron chi connectivity index (χ0n) is 12.3. The van der Waals surface area contributed by atoms with Gasteiger partial charge in [-0.05, 0) is 18.6 Å². The first-order valence-electron chi connectivity index (χ1n) is 6.77. The quantitative estimate of drug-likeness (QED) is 0.883. The van der Waals surface area contributed by atoms with Crippen LogP contribution in [-0.2, 0) is 4.79 Å². The van der Waals surface area contributed by atoms with E-state index in [0.29, 0.717) is 0 Å². The van der Waals surface area contributed by atoms with Gasteiger partial charge >= 0.3 is 5.97 Å². The second-order valence-electron chi connectivity index (χ2n) is 4.86. The lowest BCUT2D eigenvalue weighted by Crippen LogP contribution is -2.28. The van der Waals surface area contributed by atoms with Crippen LogP contribution in [0.25, 0.3) is 11.5 Å². The number of aromatic nitrogens is 1. The Hall–Kier alpha value is -2.77. The minimum absolute atomic E-state index is 0.0673. The van der Waals surface area contributed by atoms with Crippen LogP contribution in [0, 0.1) is 11.6 Å². The molecule has 0 unspecified atom stereocenters. The molecule has 1 aromatic heterocycles. The van der Waals surface area contributed by atoms with E-state index < -0.39 is 29.1 Å². The molecule has 0 radical (unpaired) electrons. The van der Waals surface area contributed by atoms with E-state index in [1.807, 2.05) is 0 Å². The van der Waals surface area contributed by atoms with Crippen LogP contribution in [0.2, 0.25) is 0 Å². The molecule has 1 heterocycles. The third kappa shape index (κ3) is 3.91. The molecule has 122 valence electrons. The largest absolute Gasteiger partial charge is 0.481 e. The molecule has 0 fully saturated rings. The molecular weight excluding hydrogens is 310 g/mol. The maximum absolute atomic E-state index is 13.7. The van der Waals surface area contributed by atoms with Crippen molar-refractivity contribution in [2.45, 2.75) is 12.8 Å². The lowest BCUT2D eigenvalue weighted by atomic mass is 10.2. The molecule has 1 aromatic carbocycles. The smallest absolute Gasteiger partial charge is 0.303 e. The molecule has 1 amide bonds. The van der Waals surface area contributed by atoms with Gasteiger partial charge in [0, 0.05) is 20.0 Å². The van der Waals surface area contributed by atoms with Crippen LogP contribution in [0.1, 0.15) is 23.3 Å².